The smallest absolute Gasteiger partial charge is 0.311 e. The molecule has 5 nitrogen and oxygen atoms in total. The van der Waals surface area contributed by atoms with Gasteiger partial charge in [-0.3, -0.25) is 9.59 Å². The van der Waals surface area contributed by atoms with Gasteiger partial charge in [0.1, 0.15) is 5.69 Å². The van der Waals surface area contributed by atoms with Gasteiger partial charge in [-0.2, -0.15) is 0 Å². The number of nitrogens with one attached hydrogen (secondary N) is 1. The summed E-state index contributed by atoms with van der Waals surface area (Å²) in [4.78, 5) is 30.2. The highest BCUT2D eigenvalue weighted by molar-refractivity contribution is 5.94. The Hall–Kier alpha value is -2.69. The molecule has 1 aromatic heterocycles. The molecule has 1 heterocycles. The van der Waals surface area contributed by atoms with E-state index in [4.69, 9.17) is 0 Å². The normalized spacial score (nSPS) is 10.8. The van der Waals surface area contributed by atoms with Crippen LogP contribution in [0, 0.1) is 0 Å². The molecule has 100 valence electrons. The van der Waals surface area contributed by atoms with Crippen LogP contribution in [0.4, 0.5) is 0 Å². The molecule has 0 unspecified atom stereocenters. The number of methoxy groups -OCH3 is 1. The van der Waals surface area contributed by atoms with E-state index in [1.807, 2.05) is 36.4 Å². The molecule has 3 aromatic rings. The predicted octanol–water partition coefficient (Wildman–Crippen LogP) is 1.79. The second-order valence-electron chi connectivity index (χ2n) is 4.48. The summed E-state index contributed by atoms with van der Waals surface area (Å²) in [5.74, 6) is -0.483. The van der Waals surface area contributed by atoms with Gasteiger partial charge in [0.15, 0.2) is 0 Å². The fraction of sp³-hybridized carbons (Fsp3) is 0.133. The Morgan fingerprint density at radius 2 is 1.95 bits per heavy atom. The molecule has 5 heteroatoms. The predicted molar refractivity (Wildman–Crippen MR) is 75.6 cm³/mol. The number of aromatic nitrogens is 2. The van der Waals surface area contributed by atoms with E-state index in [1.54, 1.807) is 0 Å². The topological polar surface area (TPSA) is 72.0 Å². The summed E-state index contributed by atoms with van der Waals surface area (Å²) in [7, 11) is 1.28. The molecule has 3 rings (SSSR count). The Labute approximate surface area is 114 Å². The van der Waals surface area contributed by atoms with Gasteiger partial charge in [-0.1, -0.05) is 24.3 Å². The van der Waals surface area contributed by atoms with E-state index in [0.717, 1.165) is 10.8 Å². The zero-order valence-corrected chi connectivity index (χ0v) is 10.8. The van der Waals surface area contributed by atoms with Crippen molar-refractivity contribution in [3.8, 4) is 0 Å². The molecule has 0 bridgehead atoms. The lowest BCUT2D eigenvalue weighted by molar-refractivity contribution is -0.139. The number of hydrogen-bond donors (Lipinski definition) is 1. The molecular weight excluding hydrogens is 256 g/mol. The van der Waals surface area contributed by atoms with Crippen molar-refractivity contribution in [3.63, 3.8) is 0 Å². The summed E-state index contributed by atoms with van der Waals surface area (Å²) in [6.07, 6.45) is -0.130. The highest BCUT2D eigenvalue weighted by atomic mass is 16.5. The quantitative estimate of drug-likeness (QED) is 0.568. The maximum Gasteiger partial charge on any atom is 0.311 e. The van der Waals surface area contributed by atoms with E-state index in [-0.39, 0.29) is 17.7 Å². The highest BCUT2D eigenvalue weighted by Crippen LogP contribution is 2.19. The molecule has 1 N–H and O–H groups in total. The van der Waals surface area contributed by atoms with Gasteiger partial charge < -0.3 is 9.72 Å². The lowest BCUT2D eigenvalue weighted by Gasteiger charge is -2.04. The summed E-state index contributed by atoms with van der Waals surface area (Å²) in [6, 6.07) is 11.6. The molecule has 0 saturated carbocycles. The van der Waals surface area contributed by atoms with Crippen molar-refractivity contribution < 1.29 is 9.53 Å². The lowest BCUT2D eigenvalue weighted by atomic mass is 10.1. The Morgan fingerprint density at radius 3 is 2.65 bits per heavy atom. The van der Waals surface area contributed by atoms with Crippen molar-refractivity contribution in [2.24, 2.45) is 0 Å². The molecule has 0 fully saturated rings. The van der Waals surface area contributed by atoms with Crippen molar-refractivity contribution in [3.05, 3.63) is 52.4 Å². The molecular formula is C15H12N2O3. The number of nitrogens with zero attached hydrogens (tertiary/aromatic N) is 1. The Balaban J connectivity index is 2.21. The minimum Gasteiger partial charge on any atom is -0.469 e. The zero-order valence-electron chi connectivity index (χ0n) is 10.8. The van der Waals surface area contributed by atoms with Gasteiger partial charge in [-0.15, -0.1) is 0 Å². The first-order chi connectivity index (χ1) is 9.67. The first-order valence-electron chi connectivity index (χ1n) is 6.16. The number of carbonyl (C=O) groups excluding carboxylic acids is 1. The first-order valence-corrected chi connectivity index (χ1v) is 6.16. The summed E-state index contributed by atoms with van der Waals surface area (Å²) in [6.45, 7) is 0. The third kappa shape index (κ3) is 2.14. The van der Waals surface area contributed by atoms with Crippen molar-refractivity contribution in [2.75, 3.05) is 7.11 Å². The maximum absolute atomic E-state index is 11.9. The second kappa shape index (κ2) is 4.77. The average molecular weight is 268 g/mol. The second-order valence-corrected chi connectivity index (χ2v) is 4.48. The van der Waals surface area contributed by atoms with Gasteiger partial charge in [0, 0.05) is 0 Å². The van der Waals surface area contributed by atoms with Crippen molar-refractivity contribution in [2.45, 2.75) is 6.42 Å². The number of aromatic amines is 1. The minimum absolute atomic E-state index is 0.130. The van der Waals surface area contributed by atoms with E-state index in [1.165, 1.54) is 7.11 Å². The van der Waals surface area contributed by atoms with E-state index in [9.17, 15) is 9.59 Å². The van der Waals surface area contributed by atoms with Crippen molar-refractivity contribution >= 4 is 27.8 Å². The molecule has 0 aliphatic rings. The van der Waals surface area contributed by atoms with Crippen LogP contribution in [0.25, 0.3) is 21.8 Å². The standard InChI is InChI=1S/C15H12N2O3/c1-20-14(18)8-13-15(19)17-12-7-10-5-3-2-4-9(10)6-11(12)16-13/h2-7H,8H2,1H3,(H,17,19). The summed E-state index contributed by atoms with van der Waals surface area (Å²) < 4.78 is 4.56. The fourth-order valence-electron chi connectivity index (χ4n) is 2.14. The molecule has 0 aliphatic heterocycles. The Kier molecular flexibility index (Phi) is 2.95. The monoisotopic (exact) mass is 268 g/mol. The van der Waals surface area contributed by atoms with Crippen LogP contribution >= 0.6 is 0 Å². The lowest BCUT2D eigenvalue weighted by Crippen LogP contribution is -2.19. The fourth-order valence-corrected chi connectivity index (χ4v) is 2.14. The van der Waals surface area contributed by atoms with Gasteiger partial charge in [-0.05, 0) is 22.9 Å². The molecule has 0 saturated heterocycles. The van der Waals surface area contributed by atoms with Crippen LogP contribution in [0.3, 0.4) is 0 Å². The summed E-state index contributed by atoms with van der Waals surface area (Å²) in [5.41, 5.74) is 1.11. The number of hydrogen-bond acceptors (Lipinski definition) is 4. The van der Waals surface area contributed by atoms with Gasteiger partial charge >= 0.3 is 5.97 Å². The van der Waals surface area contributed by atoms with Crippen LogP contribution in [0.1, 0.15) is 5.69 Å². The molecule has 0 radical (unpaired) electrons. The SMILES string of the molecule is COC(=O)Cc1nc2cc3ccccc3cc2[nH]c1=O. The van der Waals surface area contributed by atoms with Crippen LogP contribution in [-0.2, 0) is 16.0 Å². The van der Waals surface area contributed by atoms with E-state index in [2.05, 4.69) is 14.7 Å². The zero-order chi connectivity index (χ0) is 14.1. The van der Waals surface area contributed by atoms with E-state index < -0.39 is 5.97 Å². The van der Waals surface area contributed by atoms with Gasteiger partial charge in [0.25, 0.3) is 5.56 Å². The number of esters is 1. The Bertz CT molecular complexity index is 868. The summed E-state index contributed by atoms with van der Waals surface area (Å²) in [5, 5.41) is 2.06. The van der Waals surface area contributed by atoms with Crippen LogP contribution in [-0.4, -0.2) is 23.0 Å². The van der Waals surface area contributed by atoms with Crippen LogP contribution in [0.2, 0.25) is 0 Å². The minimum atomic E-state index is -0.483. The third-order valence-corrected chi connectivity index (χ3v) is 3.17. The maximum atomic E-state index is 11.9. The molecule has 20 heavy (non-hydrogen) atoms. The number of ether oxygens (including phenoxy) is 1. The summed E-state index contributed by atoms with van der Waals surface area (Å²) >= 11 is 0. The van der Waals surface area contributed by atoms with Gasteiger partial charge in [0.05, 0.1) is 24.6 Å². The van der Waals surface area contributed by atoms with E-state index in [0.29, 0.717) is 11.0 Å². The largest absolute Gasteiger partial charge is 0.469 e. The van der Waals surface area contributed by atoms with Crippen LogP contribution in [0.15, 0.2) is 41.2 Å². The van der Waals surface area contributed by atoms with Gasteiger partial charge in [0.2, 0.25) is 0 Å². The van der Waals surface area contributed by atoms with Crippen molar-refractivity contribution in [1.29, 1.82) is 0 Å². The van der Waals surface area contributed by atoms with E-state index >= 15 is 0 Å². The molecule has 0 aliphatic carbocycles. The number of carbonyl (C=O) groups is 1. The molecule has 0 atom stereocenters. The number of rotatable bonds is 2. The number of fused-ring (bicyclic) bond motifs is 2. The number of benzene rings is 2. The van der Waals surface area contributed by atoms with Crippen molar-refractivity contribution in [1.82, 2.24) is 9.97 Å². The molecule has 0 spiro atoms. The first kappa shape index (κ1) is 12.3. The molecule has 2 aromatic carbocycles. The Morgan fingerprint density at radius 1 is 1.25 bits per heavy atom. The average Bonchev–Trinajstić information content (AvgIpc) is 2.46. The highest BCUT2D eigenvalue weighted by Gasteiger charge is 2.10. The van der Waals surface area contributed by atoms with Crippen LogP contribution in [0.5, 0.6) is 0 Å². The molecule has 0 amide bonds. The van der Waals surface area contributed by atoms with Gasteiger partial charge in [-0.25, -0.2) is 4.98 Å². The third-order valence-electron chi connectivity index (χ3n) is 3.17. The number of H-pyrrole nitrogens is 1. The van der Waals surface area contributed by atoms with Crippen LogP contribution < -0.4 is 5.56 Å².